The number of unbranched alkanes of at least 4 members (excludes halogenated alkanes) is 1. The van der Waals surface area contributed by atoms with Crippen molar-refractivity contribution in [3.63, 3.8) is 0 Å². The number of ether oxygens (including phenoxy) is 2. The van der Waals surface area contributed by atoms with Crippen molar-refractivity contribution in [3.05, 3.63) is 59.9 Å². The molecule has 8 nitrogen and oxygen atoms in total. The minimum absolute atomic E-state index is 0.0445. The summed E-state index contributed by atoms with van der Waals surface area (Å²) in [5.74, 6) is -0.558. The first-order valence-electron chi connectivity index (χ1n) is 13.8. The Morgan fingerprint density at radius 1 is 1.21 bits per heavy atom. The Labute approximate surface area is 231 Å². The number of nitrogens with zero attached hydrogens (tertiary/aromatic N) is 3. The third-order valence-corrected chi connectivity index (χ3v) is 7.61. The molecule has 8 heteroatoms. The lowest BCUT2D eigenvalue weighted by Gasteiger charge is -2.34. The van der Waals surface area contributed by atoms with Crippen LogP contribution in [-0.2, 0) is 9.59 Å². The van der Waals surface area contributed by atoms with Crippen LogP contribution < -0.4 is 14.4 Å². The highest BCUT2D eigenvalue weighted by Gasteiger charge is 2.48. The monoisotopic (exact) mass is 535 g/mol. The third kappa shape index (κ3) is 6.79. The highest BCUT2D eigenvalue weighted by molar-refractivity contribution is 5.94. The van der Waals surface area contributed by atoms with Crippen LogP contribution in [0.3, 0.4) is 0 Å². The van der Waals surface area contributed by atoms with Crippen molar-refractivity contribution < 1.29 is 24.2 Å². The molecule has 0 saturated carbocycles. The van der Waals surface area contributed by atoms with E-state index in [1.807, 2.05) is 30.3 Å². The van der Waals surface area contributed by atoms with Crippen molar-refractivity contribution in [3.8, 4) is 11.5 Å². The summed E-state index contributed by atoms with van der Waals surface area (Å²) >= 11 is 0. The first kappa shape index (κ1) is 28.6. The molecule has 1 fully saturated rings. The molecule has 0 spiro atoms. The van der Waals surface area contributed by atoms with Crippen molar-refractivity contribution in [2.75, 3.05) is 31.3 Å². The Kier molecular flexibility index (Phi) is 8.95. The van der Waals surface area contributed by atoms with Crippen LogP contribution in [0.5, 0.6) is 11.5 Å². The molecule has 1 N–H and O–H groups in total. The molecule has 1 saturated heterocycles. The SMILES string of the molecule is CCCCN(C(=O)CN1C[C@H](c2ccc3c(c2)OCO3)C(C(=O)O)[C@@H]1CC(C)(C)C=C(C)C)c1cccnc1. The number of hydrogen-bond donors (Lipinski definition) is 1. The number of pyridine rings is 1. The molecule has 1 aromatic carbocycles. The van der Waals surface area contributed by atoms with Gasteiger partial charge in [-0.1, -0.05) is 44.9 Å². The van der Waals surface area contributed by atoms with E-state index in [0.717, 1.165) is 24.1 Å². The number of anilines is 1. The largest absolute Gasteiger partial charge is 0.481 e. The highest BCUT2D eigenvalue weighted by Crippen LogP contribution is 2.45. The van der Waals surface area contributed by atoms with Gasteiger partial charge in [0.15, 0.2) is 11.5 Å². The Hall–Kier alpha value is -3.39. The van der Waals surface area contributed by atoms with Crippen LogP contribution >= 0.6 is 0 Å². The first-order valence-corrected chi connectivity index (χ1v) is 13.8. The van der Waals surface area contributed by atoms with E-state index in [1.54, 1.807) is 17.3 Å². The number of hydrogen-bond acceptors (Lipinski definition) is 6. The van der Waals surface area contributed by atoms with Gasteiger partial charge >= 0.3 is 5.97 Å². The molecular formula is C31H41N3O5. The zero-order chi connectivity index (χ0) is 28.2. The second-order valence-electron chi connectivity index (χ2n) is 11.6. The molecule has 3 heterocycles. The topological polar surface area (TPSA) is 92.2 Å². The maximum Gasteiger partial charge on any atom is 0.308 e. The Morgan fingerprint density at radius 3 is 2.64 bits per heavy atom. The fraction of sp³-hybridized carbons (Fsp3) is 0.516. The van der Waals surface area contributed by atoms with Gasteiger partial charge in [0, 0.05) is 31.2 Å². The van der Waals surface area contributed by atoms with Gasteiger partial charge in [-0.15, -0.1) is 0 Å². The van der Waals surface area contributed by atoms with E-state index in [0.29, 0.717) is 31.0 Å². The summed E-state index contributed by atoms with van der Waals surface area (Å²) in [6.07, 6.45) is 8.05. The minimum atomic E-state index is -0.847. The van der Waals surface area contributed by atoms with Gasteiger partial charge in [-0.2, -0.15) is 0 Å². The zero-order valence-corrected chi connectivity index (χ0v) is 23.7. The van der Waals surface area contributed by atoms with Crippen LogP contribution in [0.1, 0.15) is 65.4 Å². The van der Waals surface area contributed by atoms with Crippen molar-refractivity contribution >= 4 is 17.6 Å². The molecule has 210 valence electrons. The number of rotatable bonds is 11. The van der Waals surface area contributed by atoms with Gasteiger partial charge in [0.2, 0.25) is 12.7 Å². The number of likely N-dealkylation sites (tertiary alicyclic amines) is 1. The van der Waals surface area contributed by atoms with Crippen LogP contribution in [0.2, 0.25) is 0 Å². The van der Waals surface area contributed by atoms with Crippen LogP contribution in [-0.4, -0.2) is 59.3 Å². The number of aromatic nitrogens is 1. The van der Waals surface area contributed by atoms with E-state index in [4.69, 9.17) is 9.47 Å². The molecule has 2 aromatic rings. The van der Waals surface area contributed by atoms with Crippen LogP contribution in [0.15, 0.2) is 54.4 Å². The maximum atomic E-state index is 13.8. The normalized spacial score (nSPS) is 20.6. The smallest absolute Gasteiger partial charge is 0.308 e. The lowest BCUT2D eigenvalue weighted by molar-refractivity contribution is -0.143. The number of aliphatic carboxylic acids is 1. The summed E-state index contributed by atoms with van der Waals surface area (Å²) < 4.78 is 11.1. The summed E-state index contributed by atoms with van der Waals surface area (Å²) in [5.41, 5.74) is 2.59. The number of carbonyl (C=O) groups is 2. The van der Waals surface area contributed by atoms with Gasteiger partial charge in [-0.25, -0.2) is 0 Å². The summed E-state index contributed by atoms with van der Waals surface area (Å²) in [6.45, 7) is 11.8. The van der Waals surface area contributed by atoms with E-state index >= 15 is 0 Å². The molecule has 2 aliphatic heterocycles. The molecule has 4 rings (SSSR count). The molecule has 2 aliphatic rings. The lowest BCUT2D eigenvalue weighted by Crippen LogP contribution is -2.45. The quantitative estimate of drug-likeness (QED) is 0.380. The highest BCUT2D eigenvalue weighted by atomic mass is 16.7. The molecule has 0 aliphatic carbocycles. The van der Waals surface area contributed by atoms with Crippen LogP contribution in [0, 0.1) is 11.3 Å². The lowest BCUT2D eigenvalue weighted by atomic mass is 9.77. The summed E-state index contributed by atoms with van der Waals surface area (Å²) in [6, 6.07) is 9.08. The predicted octanol–water partition coefficient (Wildman–Crippen LogP) is 5.49. The summed E-state index contributed by atoms with van der Waals surface area (Å²) in [7, 11) is 0. The third-order valence-electron chi connectivity index (χ3n) is 7.61. The number of fused-ring (bicyclic) bond motifs is 1. The molecule has 3 atom stereocenters. The van der Waals surface area contributed by atoms with E-state index in [9.17, 15) is 14.7 Å². The van der Waals surface area contributed by atoms with Crippen LogP contribution in [0.4, 0.5) is 5.69 Å². The average Bonchev–Trinajstić information content (AvgIpc) is 3.48. The fourth-order valence-electron chi connectivity index (χ4n) is 6.09. The Bertz CT molecular complexity index is 1190. The number of carboxylic acid groups (broad SMARTS) is 1. The molecule has 1 unspecified atom stereocenters. The molecule has 1 amide bonds. The van der Waals surface area contributed by atoms with E-state index in [-0.39, 0.29) is 36.6 Å². The van der Waals surface area contributed by atoms with Gasteiger partial charge in [-0.05, 0) is 61.9 Å². The summed E-state index contributed by atoms with van der Waals surface area (Å²) in [5, 5.41) is 10.5. The zero-order valence-electron chi connectivity index (χ0n) is 23.7. The number of amides is 1. The van der Waals surface area contributed by atoms with Gasteiger partial charge in [0.05, 0.1) is 24.3 Å². The van der Waals surface area contributed by atoms with Gasteiger partial charge < -0.3 is 19.5 Å². The van der Waals surface area contributed by atoms with Gasteiger partial charge in [0.1, 0.15) is 0 Å². The van der Waals surface area contributed by atoms with Gasteiger partial charge in [-0.3, -0.25) is 19.5 Å². The number of carboxylic acids is 1. The molecular weight excluding hydrogens is 494 g/mol. The predicted molar refractivity (Wildman–Crippen MR) is 151 cm³/mol. The van der Waals surface area contributed by atoms with Crippen molar-refractivity contribution in [1.82, 2.24) is 9.88 Å². The number of carbonyl (C=O) groups excluding carboxylic acids is 1. The van der Waals surface area contributed by atoms with Crippen LogP contribution in [0.25, 0.3) is 0 Å². The maximum absolute atomic E-state index is 13.8. The van der Waals surface area contributed by atoms with E-state index < -0.39 is 11.9 Å². The van der Waals surface area contributed by atoms with E-state index in [1.165, 1.54) is 5.57 Å². The average molecular weight is 536 g/mol. The number of benzene rings is 1. The first-order chi connectivity index (χ1) is 18.6. The second kappa shape index (κ2) is 12.2. The Morgan fingerprint density at radius 2 is 1.97 bits per heavy atom. The molecule has 0 bridgehead atoms. The standard InChI is InChI=1S/C31H41N3O5/c1-6-7-13-34(23-9-8-12-32-17-23)28(35)19-33-18-24(22-10-11-26-27(14-22)39-20-38-26)29(30(36)37)25(33)16-31(4,5)15-21(2)3/h8-12,14-15,17,24-25,29H,6-7,13,16,18-20H2,1-5H3,(H,36,37)/t24-,25+,29?/m1/s1. The fourth-order valence-corrected chi connectivity index (χ4v) is 6.09. The van der Waals surface area contributed by atoms with Crippen molar-refractivity contribution in [2.24, 2.45) is 11.3 Å². The van der Waals surface area contributed by atoms with Crippen molar-refractivity contribution in [2.45, 2.75) is 65.8 Å². The Balaban J connectivity index is 1.68. The molecule has 39 heavy (non-hydrogen) atoms. The van der Waals surface area contributed by atoms with E-state index in [2.05, 4.69) is 50.6 Å². The second-order valence-corrected chi connectivity index (χ2v) is 11.6. The number of allylic oxidation sites excluding steroid dienone is 2. The molecule has 0 radical (unpaired) electrons. The summed E-state index contributed by atoms with van der Waals surface area (Å²) in [4.78, 5) is 34.8. The van der Waals surface area contributed by atoms with Gasteiger partial charge in [0.25, 0.3) is 0 Å². The van der Waals surface area contributed by atoms with Crippen molar-refractivity contribution in [1.29, 1.82) is 0 Å². The molecule has 1 aromatic heterocycles. The minimum Gasteiger partial charge on any atom is -0.481 e.